The van der Waals surface area contributed by atoms with Gasteiger partial charge >= 0.3 is 0 Å². The molecule has 86 valence electrons. The molecule has 0 radical (unpaired) electrons. The van der Waals surface area contributed by atoms with E-state index in [1.165, 1.54) is 0 Å². The Kier molecular flexibility index (Phi) is 3.77. The van der Waals surface area contributed by atoms with Crippen LogP contribution in [0.5, 0.6) is 0 Å². The molecule has 0 saturated carbocycles. The maximum Gasteiger partial charge on any atom is 0.139 e. The second-order valence-electron chi connectivity index (χ2n) is 3.50. The molecular weight excluding hydrogens is 226 g/mol. The topological polar surface area (TPSA) is 49.9 Å². The van der Waals surface area contributed by atoms with E-state index in [-0.39, 0.29) is 0 Å². The second kappa shape index (κ2) is 5.30. The van der Waals surface area contributed by atoms with E-state index in [2.05, 4.69) is 15.3 Å². The maximum atomic E-state index is 6.13. The minimum Gasteiger partial charge on any atom is -0.383 e. The molecule has 2 aromatic rings. The van der Waals surface area contributed by atoms with Crippen molar-refractivity contribution in [2.24, 2.45) is 0 Å². The number of ether oxygens (including phenoxy) is 1. The lowest BCUT2D eigenvalue weighted by atomic mass is 10.2. The average Bonchev–Trinajstić information content (AvgIpc) is 2.69. The van der Waals surface area contributed by atoms with E-state index in [4.69, 9.17) is 16.3 Å². The molecule has 0 amide bonds. The number of aromatic amines is 1. The summed E-state index contributed by atoms with van der Waals surface area (Å²) >= 11 is 6.13. The maximum absolute atomic E-state index is 6.13. The van der Waals surface area contributed by atoms with Gasteiger partial charge in [0.25, 0.3) is 0 Å². The van der Waals surface area contributed by atoms with Gasteiger partial charge in [-0.05, 0) is 11.6 Å². The number of nitrogens with zero attached hydrogens (tertiary/aromatic N) is 1. The molecule has 0 saturated heterocycles. The standard InChI is InChI=1S/C11H14ClN3O/c1-16-5-4-13-6-8-7-15-11-10(8)9(12)2-3-14-11/h2-3,7,13H,4-6H2,1H3,(H,14,15). The second-order valence-corrected chi connectivity index (χ2v) is 3.91. The zero-order valence-corrected chi connectivity index (χ0v) is 9.84. The van der Waals surface area contributed by atoms with Gasteiger partial charge in [0.15, 0.2) is 0 Å². The molecule has 0 spiro atoms. The van der Waals surface area contributed by atoms with Gasteiger partial charge in [-0.3, -0.25) is 0 Å². The number of pyridine rings is 1. The Bertz CT molecular complexity index is 469. The van der Waals surface area contributed by atoms with E-state index in [1.807, 2.05) is 6.20 Å². The summed E-state index contributed by atoms with van der Waals surface area (Å²) in [7, 11) is 1.69. The third-order valence-corrected chi connectivity index (χ3v) is 2.72. The Hall–Kier alpha value is -1.10. The molecule has 2 N–H and O–H groups in total. The fourth-order valence-electron chi connectivity index (χ4n) is 1.62. The van der Waals surface area contributed by atoms with E-state index >= 15 is 0 Å². The lowest BCUT2D eigenvalue weighted by Gasteiger charge is -2.03. The first-order valence-corrected chi connectivity index (χ1v) is 5.51. The van der Waals surface area contributed by atoms with Crippen LogP contribution in [0, 0.1) is 0 Å². The Balaban J connectivity index is 2.12. The summed E-state index contributed by atoms with van der Waals surface area (Å²) in [5.74, 6) is 0. The number of hydrogen-bond acceptors (Lipinski definition) is 3. The first-order chi connectivity index (χ1) is 7.83. The average molecular weight is 240 g/mol. The van der Waals surface area contributed by atoms with Crippen LogP contribution in [0.4, 0.5) is 0 Å². The number of nitrogens with one attached hydrogen (secondary N) is 2. The van der Waals surface area contributed by atoms with Gasteiger partial charge in [-0.25, -0.2) is 4.98 Å². The van der Waals surface area contributed by atoms with Crippen LogP contribution in [0.15, 0.2) is 18.5 Å². The SMILES string of the molecule is COCCNCc1c[nH]c2nccc(Cl)c12. The molecule has 0 fully saturated rings. The molecule has 4 nitrogen and oxygen atoms in total. The number of halogens is 1. The Labute approximate surface area is 99.0 Å². The van der Waals surface area contributed by atoms with Crippen LogP contribution in [0.2, 0.25) is 5.02 Å². The van der Waals surface area contributed by atoms with E-state index in [9.17, 15) is 0 Å². The predicted molar refractivity (Wildman–Crippen MR) is 64.7 cm³/mol. The third kappa shape index (κ3) is 2.35. The predicted octanol–water partition coefficient (Wildman–Crippen LogP) is 1.95. The molecule has 2 rings (SSSR count). The smallest absolute Gasteiger partial charge is 0.139 e. The van der Waals surface area contributed by atoms with Crippen LogP contribution in [0.25, 0.3) is 11.0 Å². The summed E-state index contributed by atoms with van der Waals surface area (Å²) in [5.41, 5.74) is 1.96. The van der Waals surface area contributed by atoms with E-state index < -0.39 is 0 Å². The normalized spacial score (nSPS) is 11.1. The van der Waals surface area contributed by atoms with Gasteiger partial charge in [0.05, 0.1) is 11.6 Å². The van der Waals surface area contributed by atoms with Gasteiger partial charge in [0, 0.05) is 38.0 Å². The monoisotopic (exact) mass is 239 g/mol. The summed E-state index contributed by atoms with van der Waals surface area (Å²) < 4.78 is 4.96. The molecule has 0 aliphatic carbocycles. The van der Waals surface area contributed by atoms with Crippen molar-refractivity contribution in [3.8, 4) is 0 Å². The summed E-state index contributed by atoms with van der Waals surface area (Å²) in [5, 5.41) is 5.00. The van der Waals surface area contributed by atoms with Gasteiger partial charge in [-0.2, -0.15) is 0 Å². The molecular formula is C11H14ClN3O. The fraction of sp³-hybridized carbons (Fsp3) is 0.364. The Morgan fingerprint density at radius 1 is 1.56 bits per heavy atom. The molecule has 0 bridgehead atoms. The first-order valence-electron chi connectivity index (χ1n) is 5.13. The molecule has 0 aliphatic rings. The highest BCUT2D eigenvalue weighted by atomic mass is 35.5. The molecule has 16 heavy (non-hydrogen) atoms. The number of aromatic nitrogens is 2. The summed E-state index contributed by atoms with van der Waals surface area (Å²) in [4.78, 5) is 7.32. The van der Waals surface area contributed by atoms with Crippen LogP contribution in [0.3, 0.4) is 0 Å². The van der Waals surface area contributed by atoms with Gasteiger partial charge in [-0.1, -0.05) is 11.6 Å². The molecule has 5 heteroatoms. The first kappa shape index (κ1) is 11.4. The minimum atomic E-state index is 0.703. The summed E-state index contributed by atoms with van der Waals surface area (Å²) in [6.45, 7) is 2.28. The molecule has 2 aromatic heterocycles. The highest BCUT2D eigenvalue weighted by Crippen LogP contribution is 2.24. The van der Waals surface area contributed by atoms with E-state index in [1.54, 1.807) is 19.4 Å². The minimum absolute atomic E-state index is 0.703. The van der Waals surface area contributed by atoms with E-state index in [0.717, 1.165) is 34.7 Å². The third-order valence-electron chi connectivity index (χ3n) is 2.40. The number of fused-ring (bicyclic) bond motifs is 1. The van der Waals surface area contributed by atoms with Gasteiger partial charge in [-0.15, -0.1) is 0 Å². The van der Waals surface area contributed by atoms with Crippen molar-refractivity contribution in [3.63, 3.8) is 0 Å². The lowest BCUT2D eigenvalue weighted by molar-refractivity contribution is 0.199. The van der Waals surface area contributed by atoms with Crippen LogP contribution >= 0.6 is 11.6 Å². The summed E-state index contributed by atoms with van der Waals surface area (Å²) in [6, 6.07) is 1.80. The summed E-state index contributed by atoms with van der Waals surface area (Å²) in [6.07, 6.45) is 3.63. The lowest BCUT2D eigenvalue weighted by Crippen LogP contribution is -2.18. The van der Waals surface area contributed by atoms with Crippen molar-refractivity contribution in [1.29, 1.82) is 0 Å². The zero-order valence-electron chi connectivity index (χ0n) is 9.09. The largest absolute Gasteiger partial charge is 0.383 e. The van der Waals surface area contributed by atoms with Crippen LogP contribution in [-0.2, 0) is 11.3 Å². The molecule has 0 aliphatic heterocycles. The molecule has 2 heterocycles. The zero-order chi connectivity index (χ0) is 11.4. The highest BCUT2D eigenvalue weighted by Gasteiger charge is 2.07. The molecule has 0 aromatic carbocycles. The van der Waals surface area contributed by atoms with Crippen LogP contribution < -0.4 is 5.32 Å². The van der Waals surface area contributed by atoms with Crippen LogP contribution in [0.1, 0.15) is 5.56 Å². The Morgan fingerprint density at radius 3 is 3.25 bits per heavy atom. The number of methoxy groups -OCH3 is 1. The van der Waals surface area contributed by atoms with Crippen molar-refractivity contribution >= 4 is 22.6 Å². The number of rotatable bonds is 5. The van der Waals surface area contributed by atoms with Gasteiger partial charge < -0.3 is 15.0 Å². The fourth-order valence-corrected chi connectivity index (χ4v) is 1.88. The van der Waals surface area contributed by atoms with Crippen molar-refractivity contribution in [2.75, 3.05) is 20.3 Å². The molecule has 0 atom stereocenters. The van der Waals surface area contributed by atoms with Crippen molar-refractivity contribution < 1.29 is 4.74 Å². The van der Waals surface area contributed by atoms with Gasteiger partial charge in [0.1, 0.15) is 5.65 Å². The van der Waals surface area contributed by atoms with Crippen molar-refractivity contribution in [2.45, 2.75) is 6.54 Å². The van der Waals surface area contributed by atoms with Gasteiger partial charge in [0.2, 0.25) is 0 Å². The van der Waals surface area contributed by atoms with Crippen molar-refractivity contribution in [1.82, 2.24) is 15.3 Å². The molecule has 0 unspecified atom stereocenters. The quantitative estimate of drug-likeness (QED) is 0.785. The number of hydrogen-bond donors (Lipinski definition) is 2. The highest BCUT2D eigenvalue weighted by molar-refractivity contribution is 6.35. The Morgan fingerprint density at radius 2 is 2.44 bits per heavy atom. The van der Waals surface area contributed by atoms with Crippen molar-refractivity contribution in [3.05, 3.63) is 29.0 Å². The van der Waals surface area contributed by atoms with E-state index in [0.29, 0.717) is 6.61 Å². The van der Waals surface area contributed by atoms with Crippen LogP contribution in [-0.4, -0.2) is 30.2 Å². The number of H-pyrrole nitrogens is 1.